The van der Waals surface area contributed by atoms with Crippen molar-refractivity contribution in [1.29, 1.82) is 0 Å². The molecule has 0 saturated carbocycles. The first-order valence-electron chi connectivity index (χ1n) is 22.9. The number of aromatic amines is 1. The summed E-state index contributed by atoms with van der Waals surface area (Å²) in [7, 11) is 0. The van der Waals surface area contributed by atoms with Crippen LogP contribution >= 0.6 is 0 Å². The number of esters is 2. The molecule has 2 saturated heterocycles. The van der Waals surface area contributed by atoms with E-state index >= 15 is 0 Å². The molecule has 14 heteroatoms. The van der Waals surface area contributed by atoms with Gasteiger partial charge in [0.15, 0.2) is 0 Å². The van der Waals surface area contributed by atoms with Gasteiger partial charge in [0.05, 0.1) is 18.9 Å². The molecule has 0 aliphatic carbocycles. The number of fused-ring (bicyclic) bond motifs is 3. The molecule has 14 nitrogen and oxygen atoms in total. The van der Waals surface area contributed by atoms with Gasteiger partial charge in [-0.1, -0.05) is 42.5 Å². The van der Waals surface area contributed by atoms with Gasteiger partial charge in [-0.15, -0.1) is 0 Å². The number of likely N-dealkylation sites (tertiary alicyclic amines) is 2. The highest BCUT2D eigenvalue weighted by Gasteiger charge is 2.25. The van der Waals surface area contributed by atoms with E-state index in [-0.39, 0.29) is 36.5 Å². The molecule has 1 aromatic heterocycles. The van der Waals surface area contributed by atoms with Gasteiger partial charge in [0, 0.05) is 73.2 Å². The number of hydrogen-bond acceptors (Lipinski definition) is 10. The topological polar surface area (TPSA) is 169 Å². The maximum absolute atomic E-state index is 12.6. The van der Waals surface area contributed by atoms with Gasteiger partial charge in [0.2, 0.25) is 0 Å². The molecule has 2 fully saturated rings. The maximum Gasteiger partial charge on any atom is 0.347 e. The van der Waals surface area contributed by atoms with E-state index in [1.165, 1.54) is 4.57 Å². The number of nitrogens with one attached hydrogen (secondary N) is 1. The molecule has 4 aromatic carbocycles. The zero-order valence-corrected chi connectivity index (χ0v) is 38.8. The Balaban J connectivity index is 0.000000199. The number of carbonyl (C=O) groups is 4. The Morgan fingerprint density at radius 2 is 1.30 bits per heavy atom. The number of rotatable bonds is 12. The van der Waals surface area contributed by atoms with Crippen LogP contribution in [0, 0.1) is 6.92 Å². The van der Waals surface area contributed by atoms with Gasteiger partial charge in [-0.25, -0.2) is 24.0 Å². The van der Waals surface area contributed by atoms with Crippen LogP contribution in [-0.4, -0.2) is 99.6 Å². The fourth-order valence-corrected chi connectivity index (χ4v) is 8.37. The minimum absolute atomic E-state index is 0.0647. The van der Waals surface area contributed by atoms with E-state index in [4.69, 9.17) is 9.47 Å². The second-order valence-corrected chi connectivity index (χ2v) is 16.6. The first kappa shape index (κ1) is 47.5. The normalized spacial score (nSPS) is 14.7. The molecule has 5 aromatic rings. The van der Waals surface area contributed by atoms with Crippen molar-refractivity contribution in [2.24, 2.45) is 10.2 Å². The van der Waals surface area contributed by atoms with Crippen LogP contribution in [0.1, 0.15) is 103 Å². The lowest BCUT2D eigenvalue weighted by Crippen LogP contribution is -2.27. The molecule has 0 atom stereocenters. The summed E-state index contributed by atoms with van der Waals surface area (Å²) < 4.78 is 12.0. The van der Waals surface area contributed by atoms with Gasteiger partial charge < -0.3 is 19.3 Å². The molecule has 0 radical (unpaired) electrons. The standard InChI is InChI=1S/C28H33N3O3.C25H24N4O4/c1-5-29-30-21(4)17-26(28(33)34-6-2)19-25-18-24(10-9-20(25)3)22-11-13-23(14-12-22)27(32)31-15-7-8-16-31;1-2-33-24(31)20-14-19-13-18(9-10-21(19)29-22(15-20)26-27-25(29)32)16-5-7-17(8-6-16)23(30)28-11-3-4-12-28/h5,9-14,18-19H,6-8,15-17H2,1-4H3;5-10,13-14H,2-4,11-12,15H2,1H3,(H,27,32)/b26-19+,29-5-,30-21+;. The average molecular weight is 904 g/mol. The largest absolute Gasteiger partial charge is 0.463 e. The molecule has 4 heterocycles. The molecule has 2 amide bonds. The van der Waals surface area contributed by atoms with Crippen LogP contribution in [0.15, 0.2) is 111 Å². The lowest BCUT2D eigenvalue weighted by atomic mass is 9.96. The Hall–Kier alpha value is -7.48. The van der Waals surface area contributed by atoms with Crippen LogP contribution in [-0.2, 0) is 25.5 Å². The highest BCUT2D eigenvalue weighted by Crippen LogP contribution is 2.31. The van der Waals surface area contributed by atoms with Gasteiger partial charge in [-0.2, -0.15) is 15.3 Å². The summed E-state index contributed by atoms with van der Waals surface area (Å²) in [4.78, 5) is 66.6. The molecular weight excluding hydrogens is 847 g/mol. The minimum Gasteiger partial charge on any atom is -0.463 e. The Kier molecular flexibility index (Phi) is 15.7. The Morgan fingerprint density at radius 3 is 1.87 bits per heavy atom. The van der Waals surface area contributed by atoms with Crippen LogP contribution in [0.5, 0.6) is 0 Å². The summed E-state index contributed by atoms with van der Waals surface area (Å²) in [6.45, 7) is 13.1. The van der Waals surface area contributed by atoms with Gasteiger partial charge in [0.1, 0.15) is 5.82 Å². The summed E-state index contributed by atoms with van der Waals surface area (Å²) in [6, 6.07) is 27.1. The third kappa shape index (κ3) is 11.5. The van der Waals surface area contributed by atoms with E-state index in [2.05, 4.69) is 32.5 Å². The quantitative estimate of drug-likeness (QED) is 0.0562. The van der Waals surface area contributed by atoms with Crippen LogP contribution < -0.4 is 5.69 Å². The number of benzene rings is 4. The fourth-order valence-electron chi connectivity index (χ4n) is 8.37. The molecule has 0 unspecified atom stereocenters. The zero-order valence-electron chi connectivity index (χ0n) is 38.8. The number of amides is 2. The number of nitrogens with zero attached hydrogens (tertiary/aromatic N) is 6. The molecule has 346 valence electrons. The number of aromatic nitrogens is 3. The second-order valence-electron chi connectivity index (χ2n) is 16.6. The van der Waals surface area contributed by atoms with E-state index in [9.17, 15) is 24.0 Å². The smallest absolute Gasteiger partial charge is 0.347 e. The summed E-state index contributed by atoms with van der Waals surface area (Å²) in [5, 5.41) is 14.6. The Bertz CT molecular complexity index is 2800. The van der Waals surface area contributed by atoms with Crippen molar-refractivity contribution in [3.8, 4) is 27.9 Å². The van der Waals surface area contributed by atoms with E-state index in [0.717, 1.165) is 96.5 Å². The molecule has 3 aliphatic heterocycles. The first-order chi connectivity index (χ1) is 32.5. The van der Waals surface area contributed by atoms with Crippen molar-refractivity contribution in [3.05, 3.63) is 140 Å². The third-order valence-corrected chi connectivity index (χ3v) is 11.9. The van der Waals surface area contributed by atoms with Crippen molar-refractivity contribution < 1.29 is 28.7 Å². The predicted octanol–water partition coefficient (Wildman–Crippen LogP) is 8.67. The summed E-state index contributed by atoms with van der Waals surface area (Å²) in [5.74, 6) is -0.167. The SMILES string of the molecule is C/C=N\N=C(/C)C/C(=C\c1cc(-c2ccc(C(=O)N3CCCC3)cc2)ccc1C)C(=O)OCC.CCOC(=O)C1=Cc2cc(-c3ccc(C(=O)N4CCCC4)cc3)ccc2-n2c(n[nH]c2=O)C1. The van der Waals surface area contributed by atoms with Crippen molar-refractivity contribution in [3.63, 3.8) is 0 Å². The van der Waals surface area contributed by atoms with Crippen molar-refractivity contribution in [2.45, 2.75) is 73.1 Å². The third-order valence-electron chi connectivity index (χ3n) is 11.9. The number of ether oxygens (including phenoxy) is 2. The molecule has 1 N–H and O–H groups in total. The van der Waals surface area contributed by atoms with Crippen LogP contribution in [0.4, 0.5) is 0 Å². The lowest BCUT2D eigenvalue weighted by molar-refractivity contribution is -0.139. The molecular formula is C53H57N7O7. The molecule has 0 bridgehead atoms. The van der Waals surface area contributed by atoms with E-state index in [1.54, 1.807) is 33.1 Å². The maximum atomic E-state index is 12.6. The van der Waals surface area contributed by atoms with Crippen molar-refractivity contribution in [1.82, 2.24) is 24.6 Å². The highest BCUT2D eigenvalue weighted by atomic mass is 16.5. The first-order valence-corrected chi connectivity index (χ1v) is 22.9. The van der Waals surface area contributed by atoms with E-state index < -0.39 is 5.97 Å². The van der Waals surface area contributed by atoms with Crippen molar-refractivity contribution >= 4 is 47.8 Å². The summed E-state index contributed by atoms with van der Waals surface area (Å²) in [5.41, 5.74) is 9.94. The molecule has 0 spiro atoms. The number of carbonyl (C=O) groups excluding carboxylic acids is 4. The number of aryl methyl sites for hydroxylation is 1. The fraction of sp³-hybridized carbons (Fsp3) is 0.321. The van der Waals surface area contributed by atoms with E-state index in [1.807, 2.05) is 103 Å². The van der Waals surface area contributed by atoms with Crippen LogP contribution in [0.3, 0.4) is 0 Å². The zero-order chi connectivity index (χ0) is 47.5. The van der Waals surface area contributed by atoms with Crippen LogP contribution in [0.25, 0.3) is 40.1 Å². The lowest BCUT2D eigenvalue weighted by Gasteiger charge is -2.15. The minimum atomic E-state index is -0.428. The molecule has 8 rings (SSSR count). The number of H-pyrrole nitrogens is 1. The molecule has 67 heavy (non-hydrogen) atoms. The van der Waals surface area contributed by atoms with Gasteiger partial charge in [0.25, 0.3) is 11.8 Å². The average Bonchev–Trinajstić information content (AvgIpc) is 4.14. The number of hydrogen-bond donors (Lipinski definition) is 1. The Morgan fingerprint density at radius 1 is 0.746 bits per heavy atom. The molecule has 3 aliphatic rings. The summed E-state index contributed by atoms with van der Waals surface area (Å²) in [6.07, 6.45) is 10.1. The van der Waals surface area contributed by atoms with Gasteiger partial charge >= 0.3 is 17.6 Å². The summed E-state index contributed by atoms with van der Waals surface area (Å²) >= 11 is 0. The monoisotopic (exact) mass is 903 g/mol. The highest BCUT2D eigenvalue weighted by molar-refractivity contribution is 6.01. The van der Waals surface area contributed by atoms with Gasteiger partial charge in [-0.3, -0.25) is 9.59 Å². The predicted molar refractivity (Wildman–Crippen MR) is 261 cm³/mol. The van der Waals surface area contributed by atoms with Crippen molar-refractivity contribution in [2.75, 3.05) is 39.4 Å². The van der Waals surface area contributed by atoms with E-state index in [0.29, 0.717) is 46.8 Å². The Labute approximate surface area is 390 Å². The van der Waals surface area contributed by atoms with Gasteiger partial charge in [-0.05, 0) is 154 Å². The second kappa shape index (κ2) is 22.1. The van der Waals surface area contributed by atoms with Crippen LogP contribution in [0.2, 0.25) is 0 Å².